The molecular formula is C15H18O3. The fourth-order valence-corrected chi connectivity index (χ4v) is 1.42. The van der Waals surface area contributed by atoms with E-state index >= 15 is 0 Å². The standard InChI is InChI=1S/C8H10O.C7H8O2/c1-7-5-3-4-6-8(7)9-2;1-9-7-5-3-2-4-6(7)8/h3-6H,1-2H3;2-5,8H,1H3. The fraction of sp³-hybridized carbons (Fsp3) is 0.200. The highest BCUT2D eigenvalue weighted by atomic mass is 16.5. The SMILES string of the molecule is COc1ccccc1C.COc1ccccc1O. The average molecular weight is 246 g/mol. The smallest absolute Gasteiger partial charge is 0.160 e. The van der Waals surface area contributed by atoms with Crippen LogP contribution in [0.5, 0.6) is 17.2 Å². The topological polar surface area (TPSA) is 38.7 Å². The van der Waals surface area contributed by atoms with E-state index < -0.39 is 0 Å². The van der Waals surface area contributed by atoms with E-state index in [1.807, 2.05) is 31.2 Å². The third kappa shape index (κ3) is 4.01. The summed E-state index contributed by atoms with van der Waals surface area (Å²) in [5.74, 6) is 1.65. The molecule has 18 heavy (non-hydrogen) atoms. The minimum Gasteiger partial charge on any atom is -0.504 e. The summed E-state index contributed by atoms with van der Waals surface area (Å²) >= 11 is 0. The van der Waals surface area contributed by atoms with Gasteiger partial charge in [-0.1, -0.05) is 30.3 Å². The molecule has 96 valence electrons. The molecule has 2 rings (SSSR count). The van der Waals surface area contributed by atoms with Crippen molar-refractivity contribution in [3.63, 3.8) is 0 Å². The molecule has 3 nitrogen and oxygen atoms in total. The zero-order valence-corrected chi connectivity index (χ0v) is 10.9. The predicted molar refractivity (Wildman–Crippen MR) is 72.4 cm³/mol. The Hall–Kier alpha value is -2.16. The van der Waals surface area contributed by atoms with Gasteiger partial charge in [-0.25, -0.2) is 0 Å². The minimum absolute atomic E-state index is 0.181. The monoisotopic (exact) mass is 246 g/mol. The van der Waals surface area contributed by atoms with Gasteiger partial charge >= 0.3 is 0 Å². The van der Waals surface area contributed by atoms with E-state index in [9.17, 15) is 0 Å². The van der Waals surface area contributed by atoms with Crippen LogP contribution in [0.1, 0.15) is 5.56 Å². The number of para-hydroxylation sites is 3. The van der Waals surface area contributed by atoms with E-state index in [2.05, 4.69) is 0 Å². The second kappa shape index (κ2) is 7.22. The van der Waals surface area contributed by atoms with Gasteiger partial charge in [-0.3, -0.25) is 0 Å². The summed E-state index contributed by atoms with van der Waals surface area (Å²) in [7, 11) is 3.21. The van der Waals surface area contributed by atoms with Gasteiger partial charge in [0.15, 0.2) is 11.5 Å². The van der Waals surface area contributed by atoms with Gasteiger partial charge in [-0.2, -0.15) is 0 Å². The Balaban J connectivity index is 0.000000180. The maximum atomic E-state index is 8.99. The number of phenolic OH excluding ortho intramolecular Hbond substituents is 1. The van der Waals surface area contributed by atoms with E-state index in [1.165, 1.54) is 12.7 Å². The van der Waals surface area contributed by atoms with Crippen molar-refractivity contribution < 1.29 is 14.6 Å². The molecule has 0 aromatic heterocycles. The lowest BCUT2D eigenvalue weighted by Gasteiger charge is -2.00. The first-order valence-electron chi connectivity index (χ1n) is 5.60. The number of hydrogen-bond acceptors (Lipinski definition) is 3. The molecule has 1 N–H and O–H groups in total. The molecule has 0 aliphatic carbocycles. The highest BCUT2D eigenvalue weighted by molar-refractivity contribution is 5.37. The van der Waals surface area contributed by atoms with Crippen LogP contribution in [0, 0.1) is 6.92 Å². The summed E-state index contributed by atoms with van der Waals surface area (Å²) in [6.45, 7) is 2.03. The van der Waals surface area contributed by atoms with Crippen LogP contribution >= 0.6 is 0 Å². The van der Waals surface area contributed by atoms with Gasteiger partial charge in [0.25, 0.3) is 0 Å². The molecule has 0 saturated heterocycles. The van der Waals surface area contributed by atoms with Crippen molar-refractivity contribution in [1.29, 1.82) is 0 Å². The number of hydrogen-bond donors (Lipinski definition) is 1. The molecule has 0 fully saturated rings. The molecular weight excluding hydrogens is 228 g/mol. The minimum atomic E-state index is 0.181. The molecule has 0 bridgehead atoms. The van der Waals surface area contributed by atoms with Crippen molar-refractivity contribution in [2.24, 2.45) is 0 Å². The molecule has 0 unspecified atom stereocenters. The third-order valence-corrected chi connectivity index (χ3v) is 2.40. The first-order chi connectivity index (χ1) is 8.69. The Bertz CT molecular complexity index is 435. The fourth-order valence-electron chi connectivity index (χ4n) is 1.42. The second-order valence-corrected chi connectivity index (χ2v) is 3.64. The molecule has 2 aromatic carbocycles. The van der Waals surface area contributed by atoms with Crippen molar-refractivity contribution in [3.05, 3.63) is 54.1 Å². The molecule has 0 aliphatic rings. The molecule has 2 aromatic rings. The van der Waals surface area contributed by atoms with Crippen LogP contribution in [0.4, 0.5) is 0 Å². The van der Waals surface area contributed by atoms with Crippen molar-refractivity contribution in [3.8, 4) is 17.2 Å². The Morgan fingerprint density at radius 2 is 1.28 bits per heavy atom. The van der Waals surface area contributed by atoms with Crippen molar-refractivity contribution in [1.82, 2.24) is 0 Å². The Morgan fingerprint density at radius 1 is 0.778 bits per heavy atom. The quantitative estimate of drug-likeness (QED) is 0.882. The molecule has 0 amide bonds. The predicted octanol–water partition coefficient (Wildman–Crippen LogP) is 3.40. The Morgan fingerprint density at radius 3 is 1.67 bits per heavy atom. The molecule has 0 heterocycles. The second-order valence-electron chi connectivity index (χ2n) is 3.64. The lowest BCUT2D eigenvalue weighted by Crippen LogP contribution is -1.84. The van der Waals surface area contributed by atoms with Crippen LogP contribution in [0.25, 0.3) is 0 Å². The number of ether oxygens (including phenoxy) is 2. The van der Waals surface area contributed by atoms with Crippen LogP contribution in [0.15, 0.2) is 48.5 Å². The molecule has 0 radical (unpaired) electrons. The highest BCUT2D eigenvalue weighted by Crippen LogP contribution is 2.23. The first kappa shape index (κ1) is 13.9. The molecule has 3 heteroatoms. The number of rotatable bonds is 2. The number of phenols is 1. The first-order valence-corrected chi connectivity index (χ1v) is 5.60. The average Bonchev–Trinajstić information content (AvgIpc) is 2.41. The molecule has 0 atom stereocenters. The van der Waals surface area contributed by atoms with Gasteiger partial charge in [-0.05, 0) is 30.7 Å². The van der Waals surface area contributed by atoms with E-state index in [-0.39, 0.29) is 5.75 Å². The third-order valence-electron chi connectivity index (χ3n) is 2.40. The van der Waals surface area contributed by atoms with Crippen molar-refractivity contribution >= 4 is 0 Å². The van der Waals surface area contributed by atoms with Gasteiger partial charge in [0.2, 0.25) is 0 Å². The number of benzene rings is 2. The van der Waals surface area contributed by atoms with Crippen LogP contribution in [-0.2, 0) is 0 Å². The van der Waals surface area contributed by atoms with E-state index in [0.29, 0.717) is 5.75 Å². The summed E-state index contributed by atoms with van der Waals surface area (Å²) in [4.78, 5) is 0. The van der Waals surface area contributed by atoms with Gasteiger partial charge < -0.3 is 14.6 Å². The lowest BCUT2D eigenvalue weighted by molar-refractivity contribution is 0.373. The number of aryl methyl sites for hydroxylation is 1. The zero-order chi connectivity index (χ0) is 13.4. The van der Waals surface area contributed by atoms with E-state index in [4.69, 9.17) is 14.6 Å². The maximum absolute atomic E-state index is 8.99. The van der Waals surface area contributed by atoms with E-state index in [1.54, 1.807) is 31.4 Å². The summed E-state index contributed by atoms with van der Waals surface area (Å²) in [6, 6.07) is 14.8. The van der Waals surface area contributed by atoms with E-state index in [0.717, 1.165) is 5.75 Å². The highest BCUT2D eigenvalue weighted by Gasteiger charge is 1.94. The molecule has 0 spiro atoms. The van der Waals surface area contributed by atoms with Crippen LogP contribution in [0.2, 0.25) is 0 Å². The Labute approximate surface area is 108 Å². The van der Waals surface area contributed by atoms with Crippen LogP contribution < -0.4 is 9.47 Å². The number of methoxy groups -OCH3 is 2. The summed E-state index contributed by atoms with van der Waals surface area (Å²) in [5.41, 5.74) is 1.18. The summed E-state index contributed by atoms with van der Waals surface area (Å²) in [6.07, 6.45) is 0. The normalized spacial score (nSPS) is 9.06. The summed E-state index contributed by atoms with van der Waals surface area (Å²) < 4.78 is 9.84. The van der Waals surface area contributed by atoms with Crippen LogP contribution in [0.3, 0.4) is 0 Å². The van der Waals surface area contributed by atoms with Gasteiger partial charge in [0.1, 0.15) is 5.75 Å². The number of aromatic hydroxyl groups is 1. The maximum Gasteiger partial charge on any atom is 0.160 e. The molecule has 0 aliphatic heterocycles. The Kier molecular flexibility index (Phi) is 5.58. The molecule has 0 saturated carbocycles. The zero-order valence-electron chi connectivity index (χ0n) is 10.9. The van der Waals surface area contributed by atoms with Gasteiger partial charge in [0, 0.05) is 0 Å². The summed E-state index contributed by atoms with van der Waals surface area (Å²) in [5, 5.41) is 8.99. The van der Waals surface area contributed by atoms with Crippen molar-refractivity contribution in [2.75, 3.05) is 14.2 Å². The van der Waals surface area contributed by atoms with Gasteiger partial charge in [0.05, 0.1) is 14.2 Å². The van der Waals surface area contributed by atoms with Crippen molar-refractivity contribution in [2.45, 2.75) is 6.92 Å². The van der Waals surface area contributed by atoms with Crippen LogP contribution in [-0.4, -0.2) is 19.3 Å². The van der Waals surface area contributed by atoms with Gasteiger partial charge in [-0.15, -0.1) is 0 Å². The lowest BCUT2D eigenvalue weighted by atomic mass is 10.2. The largest absolute Gasteiger partial charge is 0.504 e.